The highest BCUT2D eigenvalue weighted by Crippen LogP contribution is 2.08. The van der Waals surface area contributed by atoms with Crippen molar-refractivity contribution >= 4 is 11.9 Å². The standard InChI is InChI=1S/C13H25NO4/c1-5-6-7-8-13(17)18-11(9-12(15)16)10-14(2,3)4/h11H,5-10H2,1-4H3/p+1/t11-/m1/s1/i2D3,3D3,4D3. The largest absolute Gasteiger partial charge is 0.481 e. The molecule has 0 saturated heterocycles. The van der Waals surface area contributed by atoms with Gasteiger partial charge in [0.25, 0.3) is 0 Å². The number of carbonyl (C=O) groups is 2. The summed E-state index contributed by atoms with van der Waals surface area (Å²) < 4.78 is 70.5. The van der Waals surface area contributed by atoms with E-state index in [1.54, 1.807) is 0 Å². The van der Waals surface area contributed by atoms with Gasteiger partial charge in [0.05, 0.1) is 39.7 Å². The number of likely N-dealkylation sites (N-methyl/N-ethyl adjacent to an activating group) is 1. The van der Waals surface area contributed by atoms with Crippen molar-refractivity contribution < 1.29 is 36.3 Å². The number of unbranched alkanes of at least 4 members (excludes halogenated alkanes) is 2. The van der Waals surface area contributed by atoms with E-state index < -0.39 is 56.4 Å². The van der Waals surface area contributed by atoms with E-state index in [2.05, 4.69) is 0 Å². The second-order valence-electron chi connectivity index (χ2n) is 4.16. The first-order chi connectivity index (χ1) is 12.0. The quantitative estimate of drug-likeness (QED) is 0.393. The van der Waals surface area contributed by atoms with E-state index in [9.17, 15) is 9.59 Å². The molecule has 1 N–H and O–H groups in total. The summed E-state index contributed by atoms with van der Waals surface area (Å²) in [5, 5.41) is 9.00. The van der Waals surface area contributed by atoms with Crippen molar-refractivity contribution in [2.45, 2.75) is 45.1 Å². The Morgan fingerprint density at radius 1 is 1.33 bits per heavy atom. The van der Waals surface area contributed by atoms with Crippen LogP contribution in [0.15, 0.2) is 0 Å². The minimum absolute atomic E-state index is 0.0702. The highest BCUT2D eigenvalue weighted by molar-refractivity contribution is 5.71. The van der Waals surface area contributed by atoms with Crippen LogP contribution in [0.3, 0.4) is 0 Å². The number of carbonyl (C=O) groups excluding carboxylic acids is 1. The maximum Gasteiger partial charge on any atom is 0.307 e. The third-order valence-corrected chi connectivity index (χ3v) is 2.16. The van der Waals surface area contributed by atoms with Gasteiger partial charge in [0.2, 0.25) is 0 Å². The molecule has 0 aromatic heterocycles. The number of aliphatic carboxylic acids is 1. The molecule has 0 heterocycles. The molecule has 106 valence electrons. The zero-order valence-corrected chi connectivity index (χ0v) is 10.4. The van der Waals surface area contributed by atoms with Crippen molar-refractivity contribution in [2.75, 3.05) is 27.5 Å². The van der Waals surface area contributed by atoms with Crippen molar-refractivity contribution in [1.29, 1.82) is 0 Å². The van der Waals surface area contributed by atoms with Crippen molar-refractivity contribution in [3.05, 3.63) is 0 Å². The molecule has 0 aromatic carbocycles. The molecule has 0 spiro atoms. The van der Waals surface area contributed by atoms with Gasteiger partial charge in [0.1, 0.15) is 6.54 Å². The highest BCUT2D eigenvalue weighted by atomic mass is 16.5. The average molecular weight is 269 g/mol. The van der Waals surface area contributed by atoms with Crippen molar-refractivity contribution in [3.63, 3.8) is 0 Å². The molecule has 0 aromatic rings. The fourth-order valence-electron chi connectivity index (χ4n) is 1.41. The predicted molar refractivity (Wildman–Crippen MR) is 69.2 cm³/mol. The first kappa shape index (κ1) is 6.89. The van der Waals surface area contributed by atoms with Crippen LogP contribution in [0.5, 0.6) is 0 Å². The summed E-state index contributed by atoms with van der Waals surface area (Å²) >= 11 is 0. The van der Waals surface area contributed by atoms with Crippen LogP contribution < -0.4 is 0 Å². The monoisotopic (exact) mass is 269 g/mol. The lowest BCUT2D eigenvalue weighted by atomic mass is 10.2. The van der Waals surface area contributed by atoms with Gasteiger partial charge in [0.15, 0.2) is 6.10 Å². The minimum Gasteiger partial charge on any atom is -0.481 e. The molecule has 0 fully saturated rings. The third-order valence-electron chi connectivity index (χ3n) is 2.16. The Hall–Kier alpha value is -1.10. The van der Waals surface area contributed by atoms with Crippen LogP contribution in [0.25, 0.3) is 0 Å². The second-order valence-corrected chi connectivity index (χ2v) is 4.16. The van der Waals surface area contributed by atoms with E-state index in [4.69, 9.17) is 22.2 Å². The Bertz CT molecular complexity index is 477. The van der Waals surface area contributed by atoms with Gasteiger partial charge in [-0.1, -0.05) is 19.8 Å². The molecule has 0 aliphatic carbocycles. The second kappa shape index (κ2) is 8.08. The molecular formula is C13H26NO4+. The lowest BCUT2D eigenvalue weighted by Crippen LogP contribution is -2.43. The van der Waals surface area contributed by atoms with E-state index in [-0.39, 0.29) is 6.42 Å². The summed E-state index contributed by atoms with van der Waals surface area (Å²) in [5.74, 6) is -2.32. The number of esters is 1. The number of carboxylic acid groups (broad SMARTS) is 1. The van der Waals surface area contributed by atoms with E-state index in [0.717, 1.165) is 6.42 Å². The number of carboxylic acids is 1. The van der Waals surface area contributed by atoms with Crippen LogP contribution in [-0.4, -0.2) is 55.1 Å². The van der Waals surface area contributed by atoms with Crippen molar-refractivity contribution in [1.82, 2.24) is 0 Å². The molecule has 5 heteroatoms. The number of hydrogen-bond acceptors (Lipinski definition) is 3. The lowest BCUT2D eigenvalue weighted by Gasteiger charge is -2.28. The maximum absolute atomic E-state index is 11.9. The number of quaternary nitrogens is 1. The maximum atomic E-state index is 11.9. The molecule has 0 amide bonds. The molecular weight excluding hydrogens is 234 g/mol. The normalized spacial score (nSPS) is 22.6. The van der Waals surface area contributed by atoms with E-state index in [0.29, 0.717) is 12.8 Å². The molecule has 0 saturated carbocycles. The zero-order chi connectivity index (χ0) is 21.7. The van der Waals surface area contributed by atoms with Gasteiger partial charge < -0.3 is 14.3 Å². The number of hydrogen-bond donors (Lipinski definition) is 1. The van der Waals surface area contributed by atoms with Crippen LogP contribution >= 0.6 is 0 Å². The summed E-state index contributed by atoms with van der Waals surface area (Å²) in [6.07, 6.45) is -0.743. The number of ether oxygens (including phenoxy) is 1. The molecule has 0 bridgehead atoms. The summed E-state index contributed by atoms with van der Waals surface area (Å²) in [5.41, 5.74) is 0. The Labute approximate surface area is 122 Å². The Balaban J connectivity index is 5.88. The molecule has 0 aliphatic heterocycles. The fourth-order valence-corrected chi connectivity index (χ4v) is 1.41. The smallest absolute Gasteiger partial charge is 0.307 e. The van der Waals surface area contributed by atoms with Crippen molar-refractivity contribution in [3.8, 4) is 0 Å². The van der Waals surface area contributed by atoms with Gasteiger partial charge in [0, 0.05) is 6.42 Å². The van der Waals surface area contributed by atoms with Gasteiger partial charge in [-0.2, -0.15) is 0 Å². The summed E-state index contributed by atoms with van der Waals surface area (Å²) in [6.45, 7) is -9.94. The van der Waals surface area contributed by atoms with E-state index in [1.165, 1.54) is 0 Å². The van der Waals surface area contributed by atoms with Crippen molar-refractivity contribution in [2.24, 2.45) is 0 Å². The van der Waals surface area contributed by atoms with E-state index >= 15 is 0 Å². The van der Waals surface area contributed by atoms with Crippen LogP contribution in [0.4, 0.5) is 0 Å². The summed E-state index contributed by atoms with van der Waals surface area (Å²) in [4.78, 5) is 23.0. The van der Waals surface area contributed by atoms with Crippen LogP contribution in [0.2, 0.25) is 0 Å². The first-order valence-electron chi connectivity index (χ1n) is 10.3. The first-order valence-corrected chi connectivity index (χ1v) is 5.79. The van der Waals surface area contributed by atoms with Gasteiger partial charge in [-0.25, -0.2) is 0 Å². The Morgan fingerprint density at radius 3 is 2.50 bits per heavy atom. The summed E-state index contributed by atoms with van der Waals surface area (Å²) in [7, 11) is 0. The van der Waals surface area contributed by atoms with E-state index in [1.807, 2.05) is 6.92 Å². The predicted octanol–water partition coefficient (Wildman–Crippen LogP) is 1.66. The average Bonchev–Trinajstić information content (AvgIpc) is 2.39. The third kappa shape index (κ3) is 10.1. The number of rotatable bonds is 9. The SMILES string of the molecule is [2H]C([2H])([2H])[N+](C[C@@H](CC(=O)O)OC(=O)CCCCC)(C([2H])([2H])[2H])C([2H])([2H])[2H]. The van der Waals surface area contributed by atoms with Gasteiger partial charge in [-0.3, -0.25) is 9.59 Å². The molecule has 18 heavy (non-hydrogen) atoms. The molecule has 1 atom stereocenters. The molecule has 0 radical (unpaired) electrons. The van der Waals surface area contributed by atoms with Crippen LogP contribution in [0, 0.1) is 0 Å². The highest BCUT2D eigenvalue weighted by Gasteiger charge is 2.24. The van der Waals surface area contributed by atoms with Gasteiger partial charge >= 0.3 is 11.9 Å². The lowest BCUT2D eigenvalue weighted by molar-refractivity contribution is -0.873. The fraction of sp³-hybridized carbons (Fsp3) is 0.846. The van der Waals surface area contributed by atoms with Gasteiger partial charge in [-0.05, 0) is 6.42 Å². The van der Waals surface area contributed by atoms with Crippen LogP contribution in [0.1, 0.15) is 51.4 Å². The summed E-state index contributed by atoms with van der Waals surface area (Å²) in [6, 6.07) is 0. The Morgan fingerprint density at radius 2 is 2.00 bits per heavy atom. The zero-order valence-electron chi connectivity index (χ0n) is 19.4. The van der Waals surface area contributed by atoms with Gasteiger partial charge in [-0.15, -0.1) is 0 Å². The molecule has 5 nitrogen and oxygen atoms in total. The molecule has 0 unspecified atom stereocenters. The number of nitrogens with zero attached hydrogens (tertiary/aromatic N) is 1. The van der Waals surface area contributed by atoms with Crippen LogP contribution in [-0.2, 0) is 14.3 Å². The minimum atomic E-state index is -3.54. The molecule has 0 aliphatic rings. The molecule has 0 rings (SSSR count). The topological polar surface area (TPSA) is 63.6 Å². The Kier molecular flexibility index (Phi) is 3.09.